The zero-order chi connectivity index (χ0) is 12.3. The first-order valence-electron chi connectivity index (χ1n) is 6.11. The van der Waals surface area contributed by atoms with Gasteiger partial charge in [-0.1, -0.05) is 24.3 Å². The topological polar surface area (TPSA) is 29.5 Å². The molecule has 0 spiro atoms. The van der Waals surface area contributed by atoms with Gasteiger partial charge >= 0.3 is 5.97 Å². The molecule has 1 aliphatic rings. The molecule has 0 aromatic heterocycles. The van der Waals surface area contributed by atoms with Crippen LogP contribution in [0.4, 0.5) is 0 Å². The summed E-state index contributed by atoms with van der Waals surface area (Å²) in [5.74, 6) is -0.152. The van der Waals surface area contributed by atoms with E-state index in [0.717, 1.165) is 24.2 Å². The Morgan fingerprint density at radius 1 is 1.29 bits per heavy atom. The summed E-state index contributed by atoms with van der Waals surface area (Å²) in [7, 11) is 1.46. The molecule has 3 heteroatoms. The number of carbonyl (C=O) groups excluding carboxylic acids is 1. The predicted molar refractivity (Wildman–Crippen MR) is 66.7 cm³/mol. The third kappa shape index (κ3) is 2.50. The van der Waals surface area contributed by atoms with Crippen molar-refractivity contribution in [1.29, 1.82) is 0 Å². The summed E-state index contributed by atoms with van der Waals surface area (Å²) >= 11 is 0. The lowest BCUT2D eigenvalue weighted by molar-refractivity contribution is -0.146. The van der Waals surface area contributed by atoms with E-state index in [1.165, 1.54) is 20.0 Å². The monoisotopic (exact) mass is 233 g/mol. The van der Waals surface area contributed by atoms with Gasteiger partial charge in [0, 0.05) is 0 Å². The first-order valence-corrected chi connectivity index (χ1v) is 6.11. The molecule has 1 aliphatic heterocycles. The average molecular weight is 233 g/mol. The van der Waals surface area contributed by atoms with Crippen molar-refractivity contribution in [3.8, 4) is 0 Å². The van der Waals surface area contributed by atoms with Gasteiger partial charge in [-0.15, -0.1) is 0 Å². The Morgan fingerprint density at radius 2 is 1.94 bits per heavy atom. The molecule has 0 bridgehead atoms. The van der Waals surface area contributed by atoms with Crippen molar-refractivity contribution < 1.29 is 9.53 Å². The van der Waals surface area contributed by atoms with Gasteiger partial charge in [0.15, 0.2) is 0 Å². The van der Waals surface area contributed by atoms with Crippen LogP contribution in [0, 0.1) is 6.92 Å². The lowest BCUT2D eigenvalue weighted by Gasteiger charge is -2.26. The van der Waals surface area contributed by atoms with Gasteiger partial charge in [0.2, 0.25) is 0 Å². The lowest BCUT2D eigenvalue weighted by Crippen LogP contribution is -2.33. The number of ether oxygens (including phenoxy) is 1. The fourth-order valence-corrected chi connectivity index (χ4v) is 2.48. The van der Waals surface area contributed by atoms with Gasteiger partial charge in [0.05, 0.1) is 7.11 Å². The molecule has 1 atom stereocenters. The van der Waals surface area contributed by atoms with E-state index >= 15 is 0 Å². The number of carbonyl (C=O) groups is 1. The van der Waals surface area contributed by atoms with Crippen molar-refractivity contribution in [3.05, 3.63) is 35.4 Å². The molecule has 0 N–H and O–H groups in total. The van der Waals surface area contributed by atoms with E-state index in [1.807, 2.05) is 31.2 Å². The van der Waals surface area contributed by atoms with Gasteiger partial charge in [-0.25, -0.2) is 4.79 Å². The maximum Gasteiger partial charge on any atom is 0.327 e. The number of likely N-dealkylation sites (tertiary alicyclic amines) is 1. The molecule has 1 aromatic carbocycles. The largest absolute Gasteiger partial charge is 0.468 e. The summed E-state index contributed by atoms with van der Waals surface area (Å²) in [6.07, 6.45) is 2.33. The molecule has 0 saturated carbocycles. The molecule has 1 heterocycles. The Morgan fingerprint density at radius 3 is 2.53 bits per heavy atom. The first-order chi connectivity index (χ1) is 8.24. The molecule has 2 rings (SSSR count). The van der Waals surface area contributed by atoms with Crippen molar-refractivity contribution >= 4 is 5.97 Å². The van der Waals surface area contributed by atoms with Crippen LogP contribution >= 0.6 is 0 Å². The van der Waals surface area contributed by atoms with Crippen LogP contribution in [0.3, 0.4) is 0 Å². The number of esters is 1. The van der Waals surface area contributed by atoms with Crippen LogP contribution < -0.4 is 0 Å². The van der Waals surface area contributed by atoms with Crippen molar-refractivity contribution in [1.82, 2.24) is 4.90 Å². The number of benzene rings is 1. The Bertz CT molecular complexity index is 397. The van der Waals surface area contributed by atoms with Gasteiger partial charge in [-0.3, -0.25) is 4.90 Å². The predicted octanol–water partition coefficient (Wildman–Crippen LogP) is 2.30. The van der Waals surface area contributed by atoms with Crippen molar-refractivity contribution in [2.75, 3.05) is 20.2 Å². The third-order valence-electron chi connectivity index (χ3n) is 3.41. The van der Waals surface area contributed by atoms with E-state index in [-0.39, 0.29) is 12.0 Å². The number of methoxy groups -OCH3 is 1. The highest BCUT2D eigenvalue weighted by molar-refractivity contribution is 5.78. The Kier molecular flexibility index (Phi) is 3.79. The first kappa shape index (κ1) is 12.1. The summed E-state index contributed by atoms with van der Waals surface area (Å²) in [6.45, 7) is 4.00. The van der Waals surface area contributed by atoms with Gasteiger partial charge in [0.1, 0.15) is 6.04 Å². The van der Waals surface area contributed by atoms with Crippen LogP contribution in [-0.2, 0) is 9.53 Å². The Balaban J connectivity index is 2.32. The maximum atomic E-state index is 12.0. The van der Waals surface area contributed by atoms with Gasteiger partial charge in [-0.2, -0.15) is 0 Å². The molecule has 0 radical (unpaired) electrons. The zero-order valence-corrected chi connectivity index (χ0v) is 10.5. The Labute approximate surface area is 102 Å². The minimum atomic E-state index is -0.233. The molecule has 1 saturated heterocycles. The minimum Gasteiger partial charge on any atom is -0.468 e. The highest BCUT2D eigenvalue weighted by atomic mass is 16.5. The van der Waals surface area contributed by atoms with E-state index in [1.54, 1.807) is 0 Å². The van der Waals surface area contributed by atoms with Crippen LogP contribution in [0.2, 0.25) is 0 Å². The molecule has 1 fully saturated rings. The van der Waals surface area contributed by atoms with Crippen LogP contribution in [-0.4, -0.2) is 31.1 Å². The number of nitrogens with zero attached hydrogens (tertiary/aromatic N) is 1. The van der Waals surface area contributed by atoms with Gasteiger partial charge < -0.3 is 4.74 Å². The quantitative estimate of drug-likeness (QED) is 0.750. The van der Waals surface area contributed by atoms with E-state index in [9.17, 15) is 4.79 Å². The molecule has 92 valence electrons. The van der Waals surface area contributed by atoms with E-state index in [0.29, 0.717) is 0 Å². The summed E-state index contributed by atoms with van der Waals surface area (Å²) in [5, 5.41) is 0. The molecule has 17 heavy (non-hydrogen) atoms. The summed E-state index contributed by atoms with van der Waals surface area (Å²) in [6, 6.07) is 7.81. The fraction of sp³-hybridized carbons (Fsp3) is 0.500. The van der Waals surface area contributed by atoms with Crippen molar-refractivity contribution in [2.24, 2.45) is 0 Å². The number of hydrogen-bond donors (Lipinski definition) is 0. The van der Waals surface area contributed by atoms with Gasteiger partial charge in [-0.05, 0) is 44.0 Å². The van der Waals surface area contributed by atoms with Crippen LogP contribution in [0.1, 0.15) is 30.0 Å². The summed E-state index contributed by atoms with van der Waals surface area (Å²) in [5.41, 5.74) is 2.22. The fourth-order valence-electron chi connectivity index (χ4n) is 2.48. The van der Waals surface area contributed by atoms with Crippen molar-refractivity contribution in [3.63, 3.8) is 0 Å². The second kappa shape index (κ2) is 5.32. The molecule has 1 aromatic rings. The van der Waals surface area contributed by atoms with E-state index in [4.69, 9.17) is 4.74 Å². The third-order valence-corrected chi connectivity index (χ3v) is 3.41. The molecule has 0 aliphatic carbocycles. The minimum absolute atomic E-state index is 0.152. The zero-order valence-electron chi connectivity index (χ0n) is 10.5. The van der Waals surface area contributed by atoms with Gasteiger partial charge in [0.25, 0.3) is 0 Å². The summed E-state index contributed by atoms with van der Waals surface area (Å²) < 4.78 is 4.95. The highest BCUT2D eigenvalue weighted by Gasteiger charge is 2.31. The summed E-state index contributed by atoms with van der Waals surface area (Å²) in [4.78, 5) is 14.2. The smallest absolute Gasteiger partial charge is 0.327 e. The maximum absolute atomic E-state index is 12.0. The van der Waals surface area contributed by atoms with Crippen LogP contribution in [0.25, 0.3) is 0 Å². The van der Waals surface area contributed by atoms with Crippen molar-refractivity contribution in [2.45, 2.75) is 25.8 Å². The lowest BCUT2D eigenvalue weighted by atomic mass is 10.0. The molecule has 1 unspecified atom stereocenters. The van der Waals surface area contributed by atoms with Crippen LogP contribution in [0.15, 0.2) is 24.3 Å². The molecule has 0 amide bonds. The normalized spacial score (nSPS) is 18.0. The molecular weight excluding hydrogens is 214 g/mol. The highest BCUT2D eigenvalue weighted by Crippen LogP contribution is 2.28. The SMILES string of the molecule is COC(=O)C(c1ccccc1C)N1CCCC1. The number of rotatable bonds is 3. The van der Waals surface area contributed by atoms with E-state index < -0.39 is 0 Å². The molecular formula is C14H19NO2. The van der Waals surface area contributed by atoms with E-state index in [2.05, 4.69) is 4.90 Å². The second-order valence-corrected chi connectivity index (χ2v) is 4.53. The second-order valence-electron chi connectivity index (χ2n) is 4.53. The number of hydrogen-bond acceptors (Lipinski definition) is 3. The number of aryl methyl sites for hydroxylation is 1. The Hall–Kier alpha value is -1.35. The average Bonchev–Trinajstić information content (AvgIpc) is 2.85. The van der Waals surface area contributed by atoms with Crippen LogP contribution in [0.5, 0.6) is 0 Å². The standard InChI is InChI=1S/C14H19NO2/c1-11-7-3-4-8-12(11)13(14(16)17-2)15-9-5-6-10-15/h3-4,7-8,13H,5-6,9-10H2,1-2H3. The molecule has 3 nitrogen and oxygen atoms in total.